The zero-order valence-corrected chi connectivity index (χ0v) is 10.3. The Bertz CT molecular complexity index is 369. The molecule has 1 aliphatic heterocycles. The number of alkyl halides is 1. The van der Waals surface area contributed by atoms with Crippen molar-refractivity contribution >= 4 is 45.8 Å². The first-order valence-corrected chi connectivity index (χ1v) is 5.89. The molecule has 74 valence electrons. The Kier molecular flexibility index (Phi) is 2.97. The van der Waals surface area contributed by atoms with E-state index in [1.165, 1.54) is 0 Å². The van der Waals surface area contributed by atoms with Crippen LogP contribution in [-0.2, 0) is 4.79 Å². The fraction of sp³-hybridized carbons (Fsp3) is 0.300. The molecule has 1 heterocycles. The average Bonchev–Trinajstić information content (AvgIpc) is 2.46. The van der Waals surface area contributed by atoms with Crippen LogP contribution >= 0.6 is 34.2 Å². The summed E-state index contributed by atoms with van der Waals surface area (Å²) in [7, 11) is 0. The molecule has 1 amide bonds. The van der Waals surface area contributed by atoms with Gasteiger partial charge < -0.3 is 4.90 Å². The zero-order chi connectivity index (χ0) is 10.1. The van der Waals surface area contributed by atoms with Crippen LogP contribution in [0.1, 0.15) is 6.42 Å². The maximum Gasteiger partial charge on any atom is 0.228 e. The highest BCUT2D eigenvalue weighted by molar-refractivity contribution is 14.1. The summed E-state index contributed by atoms with van der Waals surface area (Å²) >= 11 is 8.17. The Morgan fingerprint density at radius 3 is 2.71 bits per heavy atom. The summed E-state index contributed by atoms with van der Waals surface area (Å²) in [5, 5.41) is -0.0430. The van der Waals surface area contributed by atoms with E-state index < -0.39 is 0 Å². The summed E-state index contributed by atoms with van der Waals surface area (Å²) in [6.07, 6.45) is 0.451. The summed E-state index contributed by atoms with van der Waals surface area (Å²) in [6, 6.07) is 7.84. The molecule has 4 heteroatoms. The summed E-state index contributed by atoms with van der Waals surface area (Å²) in [4.78, 5) is 13.3. The third kappa shape index (κ3) is 1.88. The van der Waals surface area contributed by atoms with E-state index in [1.807, 2.05) is 24.3 Å². The van der Waals surface area contributed by atoms with Gasteiger partial charge in [-0.2, -0.15) is 0 Å². The van der Waals surface area contributed by atoms with Gasteiger partial charge in [-0.1, -0.05) is 12.1 Å². The largest absolute Gasteiger partial charge is 0.310 e. The lowest BCUT2D eigenvalue weighted by Gasteiger charge is -2.17. The van der Waals surface area contributed by atoms with Gasteiger partial charge >= 0.3 is 0 Å². The predicted molar refractivity (Wildman–Crippen MR) is 65.8 cm³/mol. The van der Waals surface area contributed by atoms with E-state index >= 15 is 0 Å². The quantitative estimate of drug-likeness (QED) is 0.575. The molecule has 0 aromatic heterocycles. The van der Waals surface area contributed by atoms with Crippen LogP contribution < -0.4 is 4.90 Å². The Morgan fingerprint density at radius 2 is 2.14 bits per heavy atom. The normalized spacial score (nSPS) is 21.7. The van der Waals surface area contributed by atoms with Crippen molar-refractivity contribution in [2.75, 3.05) is 11.4 Å². The van der Waals surface area contributed by atoms with E-state index in [0.29, 0.717) is 13.0 Å². The molecule has 1 aliphatic rings. The first-order valence-electron chi connectivity index (χ1n) is 4.37. The molecule has 1 saturated heterocycles. The summed E-state index contributed by atoms with van der Waals surface area (Å²) in [5.74, 6) is 0.120. The number of carbonyl (C=O) groups excluding carboxylic acids is 1. The Hall–Kier alpha value is -0.290. The molecule has 1 atom stereocenters. The average molecular weight is 322 g/mol. The van der Waals surface area contributed by atoms with Crippen LogP contribution in [0, 0.1) is 3.57 Å². The van der Waals surface area contributed by atoms with Crippen molar-refractivity contribution in [1.29, 1.82) is 0 Å². The molecule has 0 aliphatic carbocycles. The van der Waals surface area contributed by atoms with Gasteiger partial charge in [0.2, 0.25) is 5.91 Å². The number of anilines is 1. The number of carbonyl (C=O) groups is 1. The standard InChI is InChI=1S/C10H9ClINO/c11-7-5-10(14)13(6-7)9-4-2-1-3-8(9)12/h1-4,7H,5-6H2. The van der Waals surface area contributed by atoms with Crippen molar-refractivity contribution in [2.24, 2.45) is 0 Å². The number of halogens is 2. The molecule has 0 spiro atoms. The summed E-state index contributed by atoms with van der Waals surface area (Å²) in [5.41, 5.74) is 0.973. The predicted octanol–water partition coefficient (Wildman–Crippen LogP) is 2.64. The van der Waals surface area contributed by atoms with Crippen molar-refractivity contribution in [2.45, 2.75) is 11.8 Å². The second kappa shape index (κ2) is 4.06. The molecule has 1 fully saturated rings. The lowest BCUT2D eigenvalue weighted by molar-refractivity contribution is -0.117. The maximum absolute atomic E-state index is 11.6. The van der Waals surface area contributed by atoms with Gasteiger partial charge in [-0.05, 0) is 34.7 Å². The van der Waals surface area contributed by atoms with E-state index in [0.717, 1.165) is 9.26 Å². The van der Waals surface area contributed by atoms with Crippen LogP contribution in [0.3, 0.4) is 0 Å². The zero-order valence-electron chi connectivity index (χ0n) is 7.41. The van der Waals surface area contributed by atoms with Crippen LogP contribution in [-0.4, -0.2) is 17.8 Å². The van der Waals surface area contributed by atoms with E-state index in [9.17, 15) is 4.79 Å². The highest BCUT2D eigenvalue weighted by Gasteiger charge is 2.29. The summed E-state index contributed by atoms with van der Waals surface area (Å²) < 4.78 is 1.09. The van der Waals surface area contributed by atoms with Crippen molar-refractivity contribution in [3.8, 4) is 0 Å². The molecule has 0 radical (unpaired) electrons. The maximum atomic E-state index is 11.6. The van der Waals surface area contributed by atoms with Gasteiger partial charge in [-0.15, -0.1) is 11.6 Å². The number of hydrogen-bond acceptors (Lipinski definition) is 1. The van der Waals surface area contributed by atoms with Crippen LogP contribution in [0.15, 0.2) is 24.3 Å². The van der Waals surface area contributed by atoms with Crippen LogP contribution in [0.5, 0.6) is 0 Å². The number of amides is 1. The highest BCUT2D eigenvalue weighted by atomic mass is 127. The van der Waals surface area contributed by atoms with E-state index in [1.54, 1.807) is 4.90 Å². The Morgan fingerprint density at radius 1 is 1.43 bits per heavy atom. The van der Waals surface area contributed by atoms with Gasteiger partial charge in [0.15, 0.2) is 0 Å². The van der Waals surface area contributed by atoms with Gasteiger partial charge in [0.25, 0.3) is 0 Å². The fourth-order valence-corrected chi connectivity index (χ4v) is 2.52. The van der Waals surface area contributed by atoms with Gasteiger partial charge in [-0.25, -0.2) is 0 Å². The molecule has 1 aromatic carbocycles. The second-order valence-corrected chi connectivity index (χ2v) is 5.04. The number of benzene rings is 1. The van der Waals surface area contributed by atoms with Gasteiger partial charge in [-0.3, -0.25) is 4.79 Å². The third-order valence-corrected chi connectivity index (χ3v) is 3.43. The number of hydrogen-bond donors (Lipinski definition) is 0. The molecular formula is C10H9ClINO. The van der Waals surface area contributed by atoms with Gasteiger partial charge in [0.05, 0.1) is 11.1 Å². The van der Waals surface area contributed by atoms with E-state index in [2.05, 4.69) is 22.6 Å². The molecule has 2 nitrogen and oxygen atoms in total. The Labute approximate surface area is 101 Å². The lowest BCUT2D eigenvalue weighted by Crippen LogP contribution is -2.25. The Balaban J connectivity index is 2.32. The molecule has 2 rings (SSSR count). The smallest absolute Gasteiger partial charge is 0.228 e. The molecular weight excluding hydrogens is 312 g/mol. The van der Waals surface area contributed by atoms with Gasteiger partial charge in [0, 0.05) is 16.5 Å². The van der Waals surface area contributed by atoms with Crippen molar-refractivity contribution in [1.82, 2.24) is 0 Å². The number of rotatable bonds is 1. The van der Waals surface area contributed by atoms with Crippen molar-refractivity contribution in [3.63, 3.8) is 0 Å². The molecule has 14 heavy (non-hydrogen) atoms. The van der Waals surface area contributed by atoms with Crippen LogP contribution in [0.4, 0.5) is 5.69 Å². The SMILES string of the molecule is O=C1CC(Cl)CN1c1ccccc1I. The van der Waals surface area contributed by atoms with Crippen molar-refractivity contribution in [3.05, 3.63) is 27.8 Å². The minimum atomic E-state index is -0.0430. The first-order chi connectivity index (χ1) is 6.68. The monoisotopic (exact) mass is 321 g/mol. The number of para-hydroxylation sites is 1. The van der Waals surface area contributed by atoms with Crippen LogP contribution in [0.25, 0.3) is 0 Å². The van der Waals surface area contributed by atoms with Gasteiger partial charge in [0.1, 0.15) is 0 Å². The molecule has 0 N–H and O–H groups in total. The fourth-order valence-electron chi connectivity index (χ4n) is 1.57. The van der Waals surface area contributed by atoms with E-state index in [-0.39, 0.29) is 11.3 Å². The second-order valence-electron chi connectivity index (χ2n) is 3.26. The summed E-state index contributed by atoms with van der Waals surface area (Å²) in [6.45, 7) is 0.625. The minimum Gasteiger partial charge on any atom is -0.310 e. The number of nitrogens with zero attached hydrogens (tertiary/aromatic N) is 1. The lowest BCUT2D eigenvalue weighted by atomic mass is 10.3. The molecule has 0 bridgehead atoms. The first kappa shape index (κ1) is 10.2. The molecule has 1 aromatic rings. The highest BCUT2D eigenvalue weighted by Crippen LogP contribution is 2.28. The minimum absolute atomic E-state index is 0.0430. The van der Waals surface area contributed by atoms with Crippen LogP contribution in [0.2, 0.25) is 0 Å². The topological polar surface area (TPSA) is 20.3 Å². The van der Waals surface area contributed by atoms with Crippen molar-refractivity contribution < 1.29 is 4.79 Å². The third-order valence-electron chi connectivity index (χ3n) is 2.22. The molecule has 1 unspecified atom stereocenters. The molecule has 0 saturated carbocycles. The van der Waals surface area contributed by atoms with E-state index in [4.69, 9.17) is 11.6 Å².